The average molecular weight is 229 g/mol. The first-order valence-electron chi connectivity index (χ1n) is 4.88. The zero-order valence-corrected chi connectivity index (χ0v) is 8.91. The van der Waals surface area contributed by atoms with Crippen molar-refractivity contribution in [3.8, 4) is 0 Å². The SMILES string of the molecule is CN(C(=O)CCCO)c1ccc(F)c(F)c1. The van der Waals surface area contributed by atoms with E-state index in [2.05, 4.69) is 0 Å². The lowest BCUT2D eigenvalue weighted by molar-refractivity contribution is -0.118. The van der Waals surface area contributed by atoms with Gasteiger partial charge in [0.2, 0.25) is 5.91 Å². The van der Waals surface area contributed by atoms with E-state index in [9.17, 15) is 13.6 Å². The number of nitrogens with zero attached hydrogens (tertiary/aromatic N) is 1. The minimum Gasteiger partial charge on any atom is -0.396 e. The van der Waals surface area contributed by atoms with Gasteiger partial charge in [0.05, 0.1) is 0 Å². The number of halogens is 2. The first-order chi connectivity index (χ1) is 7.56. The molecular formula is C11H13F2NO2. The molecule has 0 spiro atoms. The minimum atomic E-state index is -0.987. The minimum absolute atomic E-state index is 0.0721. The average Bonchev–Trinajstić information content (AvgIpc) is 2.28. The molecule has 1 N–H and O–H groups in total. The second-order valence-electron chi connectivity index (χ2n) is 3.38. The van der Waals surface area contributed by atoms with E-state index in [0.717, 1.165) is 12.1 Å². The predicted molar refractivity (Wildman–Crippen MR) is 56.1 cm³/mol. The highest BCUT2D eigenvalue weighted by atomic mass is 19.2. The van der Waals surface area contributed by atoms with E-state index in [4.69, 9.17) is 5.11 Å². The third-order valence-electron chi connectivity index (χ3n) is 2.21. The Morgan fingerprint density at radius 3 is 2.62 bits per heavy atom. The van der Waals surface area contributed by atoms with Crippen LogP contribution >= 0.6 is 0 Å². The highest BCUT2D eigenvalue weighted by Gasteiger charge is 2.12. The summed E-state index contributed by atoms with van der Waals surface area (Å²) < 4.78 is 25.6. The Bertz CT molecular complexity index is 382. The molecule has 1 aromatic carbocycles. The molecule has 3 nitrogen and oxygen atoms in total. The second kappa shape index (κ2) is 5.55. The van der Waals surface area contributed by atoms with Gasteiger partial charge in [-0.2, -0.15) is 0 Å². The van der Waals surface area contributed by atoms with Crippen molar-refractivity contribution in [3.05, 3.63) is 29.8 Å². The number of aliphatic hydroxyl groups is 1. The van der Waals surface area contributed by atoms with Crippen LogP contribution in [0.4, 0.5) is 14.5 Å². The molecule has 5 heteroatoms. The van der Waals surface area contributed by atoms with Gasteiger partial charge in [-0.05, 0) is 18.6 Å². The number of rotatable bonds is 4. The summed E-state index contributed by atoms with van der Waals surface area (Å²) in [5.41, 5.74) is 0.293. The van der Waals surface area contributed by atoms with Gasteiger partial charge in [-0.25, -0.2) is 8.78 Å². The number of amides is 1. The van der Waals surface area contributed by atoms with E-state index < -0.39 is 11.6 Å². The molecule has 0 saturated carbocycles. The summed E-state index contributed by atoms with van der Waals surface area (Å²) in [5.74, 6) is -2.18. The Morgan fingerprint density at radius 1 is 1.38 bits per heavy atom. The predicted octanol–water partition coefficient (Wildman–Crippen LogP) is 1.70. The zero-order valence-electron chi connectivity index (χ0n) is 8.91. The number of anilines is 1. The maximum absolute atomic E-state index is 12.9. The maximum atomic E-state index is 12.9. The van der Waals surface area contributed by atoms with Crippen LogP contribution in [0.2, 0.25) is 0 Å². The van der Waals surface area contributed by atoms with Crippen LogP contribution in [-0.4, -0.2) is 24.7 Å². The van der Waals surface area contributed by atoms with Gasteiger partial charge in [0.25, 0.3) is 0 Å². The molecule has 0 unspecified atom stereocenters. The van der Waals surface area contributed by atoms with Crippen molar-refractivity contribution in [2.24, 2.45) is 0 Å². The maximum Gasteiger partial charge on any atom is 0.226 e. The Labute approximate surface area is 92.3 Å². The van der Waals surface area contributed by atoms with E-state index in [1.54, 1.807) is 0 Å². The molecule has 0 aliphatic rings. The number of carbonyl (C=O) groups excluding carboxylic acids is 1. The smallest absolute Gasteiger partial charge is 0.226 e. The molecule has 0 atom stereocenters. The summed E-state index contributed by atoms with van der Waals surface area (Å²) in [5, 5.41) is 8.57. The first kappa shape index (κ1) is 12.6. The first-order valence-corrected chi connectivity index (χ1v) is 4.88. The lowest BCUT2D eigenvalue weighted by atomic mass is 10.2. The fourth-order valence-corrected chi connectivity index (χ4v) is 1.24. The van der Waals surface area contributed by atoms with Crippen LogP contribution in [0.25, 0.3) is 0 Å². The summed E-state index contributed by atoms with van der Waals surface area (Å²) >= 11 is 0. The van der Waals surface area contributed by atoms with E-state index in [-0.39, 0.29) is 18.9 Å². The molecule has 88 valence electrons. The van der Waals surface area contributed by atoms with Gasteiger partial charge in [0.15, 0.2) is 11.6 Å². The van der Waals surface area contributed by atoms with E-state index in [1.807, 2.05) is 0 Å². The van der Waals surface area contributed by atoms with Crippen molar-refractivity contribution in [2.45, 2.75) is 12.8 Å². The Hall–Kier alpha value is -1.49. The van der Waals surface area contributed by atoms with Crippen LogP contribution in [0.5, 0.6) is 0 Å². The van der Waals surface area contributed by atoms with Gasteiger partial charge in [-0.15, -0.1) is 0 Å². The van der Waals surface area contributed by atoms with Crippen LogP contribution < -0.4 is 4.90 Å². The lowest BCUT2D eigenvalue weighted by Gasteiger charge is -2.17. The molecule has 0 aliphatic heterocycles. The molecule has 1 aromatic rings. The number of hydrogen-bond acceptors (Lipinski definition) is 2. The molecular weight excluding hydrogens is 216 g/mol. The van der Waals surface area contributed by atoms with Crippen molar-refractivity contribution in [2.75, 3.05) is 18.6 Å². The summed E-state index contributed by atoms with van der Waals surface area (Å²) in [6.45, 7) is -0.0721. The molecule has 0 fully saturated rings. The topological polar surface area (TPSA) is 40.5 Å². The summed E-state index contributed by atoms with van der Waals surface area (Å²) in [4.78, 5) is 12.7. The van der Waals surface area contributed by atoms with Gasteiger partial charge in [0.1, 0.15) is 0 Å². The van der Waals surface area contributed by atoms with Crippen molar-refractivity contribution in [1.82, 2.24) is 0 Å². The zero-order chi connectivity index (χ0) is 12.1. The molecule has 0 aromatic heterocycles. The van der Waals surface area contributed by atoms with Crippen LogP contribution in [0, 0.1) is 11.6 Å². The van der Waals surface area contributed by atoms with Crippen molar-refractivity contribution in [3.63, 3.8) is 0 Å². The normalized spacial score (nSPS) is 10.2. The summed E-state index contributed by atoms with van der Waals surface area (Å²) in [7, 11) is 1.48. The van der Waals surface area contributed by atoms with Gasteiger partial charge in [-0.3, -0.25) is 4.79 Å². The van der Waals surface area contributed by atoms with Crippen molar-refractivity contribution in [1.29, 1.82) is 0 Å². The monoisotopic (exact) mass is 229 g/mol. The summed E-state index contributed by atoms with van der Waals surface area (Å²) in [6.07, 6.45) is 0.527. The summed E-state index contributed by atoms with van der Waals surface area (Å²) in [6, 6.07) is 3.27. The van der Waals surface area contributed by atoms with Gasteiger partial charge >= 0.3 is 0 Å². The van der Waals surface area contributed by atoms with E-state index in [1.165, 1.54) is 18.0 Å². The fourth-order valence-electron chi connectivity index (χ4n) is 1.24. The Balaban J connectivity index is 2.75. The van der Waals surface area contributed by atoms with Gasteiger partial charge in [-0.1, -0.05) is 0 Å². The molecule has 1 rings (SSSR count). The van der Waals surface area contributed by atoms with Crippen LogP contribution in [0.3, 0.4) is 0 Å². The van der Waals surface area contributed by atoms with Crippen molar-refractivity contribution < 1.29 is 18.7 Å². The molecule has 1 amide bonds. The highest BCUT2D eigenvalue weighted by molar-refractivity contribution is 5.92. The van der Waals surface area contributed by atoms with Crippen LogP contribution in [0.15, 0.2) is 18.2 Å². The van der Waals surface area contributed by atoms with Gasteiger partial charge in [0, 0.05) is 31.8 Å². The number of benzene rings is 1. The molecule has 16 heavy (non-hydrogen) atoms. The van der Waals surface area contributed by atoms with Gasteiger partial charge < -0.3 is 10.0 Å². The molecule has 0 aliphatic carbocycles. The van der Waals surface area contributed by atoms with Crippen LogP contribution in [0.1, 0.15) is 12.8 Å². The largest absolute Gasteiger partial charge is 0.396 e. The molecule has 0 heterocycles. The molecule has 0 bridgehead atoms. The van der Waals surface area contributed by atoms with E-state index >= 15 is 0 Å². The lowest BCUT2D eigenvalue weighted by Crippen LogP contribution is -2.26. The number of hydrogen-bond donors (Lipinski definition) is 1. The standard InChI is InChI=1S/C11H13F2NO2/c1-14(11(16)3-2-6-15)8-4-5-9(12)10(13)7-8/h4-5,7,15H,2-3,6H2,1H3. The second-order valence-corrected chi connectivity index (χ2v) is 3.38. The van der Waals surface area contributed by atoms with Crippen LogP contribution in [-0.2, 0) is 4.79 Å². The quantitative estimate of drug-likeness (QED) is 0.853. The van der Waals surface area contributed by atoms with Crippen molar-refractivity contribution >= 4 is 11.6 Å². The van der Waals surface area contributed by atoms with E-state index in [0.29, 0.717) is 12.1 Å². The highest BCUT2D eigenvalue weighted by Crippen LogP contribution is 2.17. The molecule has 0 saturated heterocycles. The Kier molecular flexibility index (Phi) is 4.37. The fraction of sp³-hybridized carbons (Fsp3) is 0.364. The third-order valence-corrected chi connectivity index (χ3v) is 2.21. The molecule has 0 radical (unpaired) electrons. The Morgan fingerprint density at radius 2 is 2.06 bits per heavy atom. The number of carbonyl (C=O) groups is 1. The third kappa shape index (κ3) is 3.00. The number of aliphatic hydroxyl groups excluding tert-OH is 1.